The van der Waals surface area contributed by atoms with E-state index in [4.69, 9.17) is 9.15 Å². The molecule has 1 saturated heterocycles. The molecule has 0 bridgehead atoms. The SMILES string of the molecule is Cc1ccc(CNC[C@H]2CN(C)CCO2)o1. The van der Waals surface area contributed by atoms with Crippen molar-refractivity contribution in [2.75, 3.05) is 33.3 Å². The van der Waals surface area contributed by atoms with Crippen molar-refractivity contribution in [2.45, 2.75) is 19.6 Å². The predicted molar refractivity (Wildman–Crippen MR) is 62.4 cm³/mol. The molecule has 0 spiro atoms. The third kappa shape index (κ3) is 3.33. The van der Waals surface area contributed by atoms with Gasteiger partial charge in [-0.15, -0.1) is 0 Å². The molecular formula is C12H20N2O2. The highest BCUT2D eigenvalue weighted by atomic mass is 16.5. The van der Waals surface area contributed by atoms with Crippen LogP contribution in [0, 0.1) is 6.92 Å². The van der Waals surface area contributed by atoms with Crippen LogP contribution in [0.2, 0.25) is 0 Å². The predicted octanol–water partition coefficient (Wildman–Crippen LogP) is 1.01. The Kier molecular flexibility index (Phi) is 3.98. The molecule has 0 amide bonds. The lowest BCUT2D eigenvalue weighted by Gasteiger charge is -2.30. The summed E-state index contributed by atoms with van der Waals surface area (Å²) >= 11 is 0. The zero-order chi connectivity index (χ0) is 11.4. The molecule has 16 heavy (non-hydrogen) atoms. The van der Waals surface area contributed by atoms with Gasteiger partial charge in [-0.1, -0.05) is 0 Å². The molecule has 1 atom stereocenters. The Balaban J connectivity index is 1.67. The van der Waals surface area contributed by atoms with E-state index in [1.165, 1.54) is 0 Å². The minimum Gasteiger partial charge on any atom is -0.465 e. The van der Waals surface area contributed by atoms with Gasteiger partial charge in [0.1, 0.15) is 11.5 Å². The van der Waals surface area contributed by atoms with Crippen molar-refractivity contribution in [1.82, 2.24) is 10.2 Å². The Morgan fingerprint density at radius 1 is 1.50 bits per heavy atom. The third-order valence-electron chi connectivity index (χ3n) is 2.81. The minimum atomic E-state index is 0.301. The van der Waals surface area contributed by atoms with Crippen molar-refractivity contribution in [2.24, 2.45) is 0 Å². The summed E-state index contributed by atoms with van der Waals surface area (Å²) in [5.74, 6) is 1.95. The third-order valence-corrected chi connectivity index (χ3v) is 2.81. The van der Waals surface area contributed by atoms with E-state index in [-0.39, 0.29) is 0 Å². The molecule has 1 aromatic rings. The fourth-order valence-electron chi connectivity index (χ4n) is 1.93. The topological polar surface area (TPSA) is 37.6 Å². The van der Waals surface area contributed by atoms with Crippen LogP contribution in [0.5, 0.6) is 0 Å². The molecule has 0 unspecified atom stereocenters. The summed E-state index contributed by atoms with van der Waals surface area (Å²) in [5.41, 5.74) is 0. The Hall–Kier alpha value is -0.840. The van der Waals surface area contributed by atoms with Gasteiger partial charge in [0, 0.05) is 19.6 Å². The number of rotatable bonds is 4. The first-order chi connectivity index (χ1) is 7.74. The van der Waals surface area contributed by atoms with Gasteiger partial charge >= 0.3 is 0 Å². The summed E-state index contributed by atoms with van der Waals surface area (Å²) < 4.78 is 11.1. The van der Waals surface area contributed by atoms with Gasteiger partial charge in [0.05, 0.1) is 19.3 Å². The largest absolute Gasteiger partial charge is 0.465 e. The zero-order valence-electron chi connectivity index (χ0n) is 10.0. The highest BCUT2D eigenvalue weighted by Gasteiger charge is 2.16. The fraction of sp³-hybridized carbons (Fsp3) is 0.667. The summed E-state index contributed by atoms with van der Waals surface area (Å²) in [6.07, 6.45) is 0.301. The van der Waals surface area contributed by atoms with Gasteiger partial charge in [-0.25, -0.2) is 0 Å². The summed E-state index contributed by atoms with van der Waals surface area (Å²) in [7, 11) is 2.13. The normalized spacial score (nSPS) is 22.5. The molecular weight excluding hydrogens is 204 g/mol. The monoisotopic (exact) mass is 224 g/mol. The minimum absolute atomic E-state index is 0.301. The van der Waals surface area contributed by atoms with Crippen molar-refractivity contribution >= 4 is 0 Å². The van der Waals surface area contributed by atoms with Crippen LogP contribution in [0.4, 0.5) is 0 Å². The van der Waals surface area contributed by atoms with E-state index in [2.05, 4.69) is 17.3 Å². The van der Waals surface area contributed by atoms with E-state index in [1.54, 1.807) is 0 Å². The van der Waals surface area contributed by atoms with Crippen LogP contribution in [0.25, 0.3) is 0 Å². The van der Waals surface area contributed by atoms with Gasteiger partial charge in [-0.05, 0) is 26.1 Å². The molecule has 90 valence electrons. The molecule has 1 aliphatic heterocycles. The highest BCUT2D eigenvalue weighted by molar-refractivity contribution is 5.05. The first-order valence-corrected chi connectivity index (χ1v) is 5.80. The molecule has 0 saturated carbocycles. The molecule has 1 N–H and O–H groups in total. The van der Waals surface area contributed by atoms with Gasteiger partial charge in [-0.2, -0.15) is 0 Å². The van der Waals surface area contributed by atoms with Gasteiger partial charge < -0.3 is 19.4 Å². The van der Waals surface area contributed by atoms with E-state index in [0.717, 1.165) is 44.3 Å². The number of hydrogen-bond donors (Lipinski definition) is 1. The van der Waals surface area contributed by atoms with E-state index in [0.29, 0.717) is 6.10 Å². The number of morpholine rings is 1. The second-order valence-electron chi connectivity index (χ2n) is 4.40. The maximum atomic E-state index is 5.66. The number of ether oxygens (including phenoxy) is 1. The second-order valence-corrected chi connectivity index (χ2v) is 4.40. The molecule has 0 aromatic carbocycles. The average molecular weight is 224 g/mol. The first kappa shape index (κ1) is 11.6. The number of aryl methyl sites for hydroxylation is 1. The van der Waals surface area contributed by atoms with Gasteiger partial charge in [0.2, 0.25) is 0 Å². The molecule has 1 fully saturated rings. The molecule has 4 nitrogen and oxygen atoms in total. The van der Waals surface area contributed by atoms with E-state index in [1.807, 2.05) is 19.1 Å². The molecule has 0 aliphatic carbocycles. The lowest BCUT2D eigenvalue weighted by molar-refractivity contribution is -0.0183. The number of likely N-dealkylation sites (N-methyl/N-ethyl adjacent to an activating group) is 1. The van der Waals surface area contributed by atoms with E-state index < -0.39 is 0 Å². The van der Waals surface area contributed by atoms with Crippen molar-refractivity contribution in [3.8, 4) is 0 Å². The van der Waals surface area contributed by atoms with Crippen LogP contribution in [0.15, 0.2) is 16.5 Å². The standard InChI is InChI=1S/C12H20N2O2/c1-10-3-4-11(16-10)7-13-8-12-9-14(2)5-6-15-12/h3-4,12-13H,5-9H2,1-2H3/t12-/m0/s1. The molecule has 2 rings (SSSR count). The van der Waals surface area contributed by atoms with Crippen LogP contribution in [-0.2, 0) is 11.3 Å². The van der Waals surface area contributed by atoms with E-state index in [9.17, 15) is 0 Å². The zero-order valence-corrected chi connectivity index (χ0v) is 10.0. The van der Waals surface area contributed by atoms with Crippen LogP contribution >= 0.6 is 0 Å². The molecule has 0 radical (unpaired) electrons. The number of furan rings is 1. The summed E-state index contributed by atoms with van der Waals surface area (Å²) in [4.78, 5) is 2.30. The fourth-order valence-corrected chi connectivity index (χ4v) is 1.93. The average Bonchev–Trinajstić information content (AvgIpc) is 2.64. The van der Waals surface area contributed by atoms with Crippen molar-refractivity contribution in [1.29, 1.82) is 0 Å². The number of hydrogen-bond acceptors (Lipinski definition) is 4. The summed E-state index contributed by atoms with van der Waals surface area (Å²) in [6, 6.07) is 4.00. The van der Waals surface area contributed by atoms with Crippen LogP contribution < -0.4 is 5.32 Å². The molecule has 2 heterocycles. The maximum absolute atomic E-state index is 5.66. The first-order valence-electron chi connectivity index (χ1n) is 5.80. The Morgan fingerprint density at radius 3 is 3.06 bits per heavy atom. The van der Waals surface area contributed by atoms with Crippen LogP contribution in [0.3, 0.4) is 0 Å². The quantitative estimate of drug-likeness (QED) is 0.828. The summed E-state index contributed by atoms with van der Waals surface area (Å²) in [5, 5.41) is 3.36. The molecule has 1 aliphatic rings. The lowest BCUT2D eigenvalue weighted by Crippen LogP contribution is -2.44. The summed E-state index contributed by atoms with van der Waals surface area (Å²) in [6.45, 7) is 6.49. The van der Waals surface area contributed by atoms with Gasteiger partial charge in [0.15, 0.2) is 0 Å². The maximum Gasteiger partial charge on any atom is 0.117 e. The smallest absolute Gasteiger partial charge is 0.117 e. The van der Waals surface area contributed by atoms with Crippen molar-refractivity contribution in [3.63, 3.8) is 0 Å². The molecule has 1 aromatic heterocycles. The van der Waals surface area contributed by atoms with Gasteiger partial charge in [0.25, 0.3) is 0 Å². The Labute approximate surface area is 96.6 Å². The van der Waals surface area contributed by atoms with Crippen LogP contribution in [-0.4, -0.2) is 44.3 Å². The van der Waals surface area contributed by atoms with Crippen molar-refractivity contribution in [3.05, 3.63) is 23.7 Å². The Bertz CT molecular complexity index is 325. The molecule has 4 heteroatoms. The highest BCUT2D eigenvalue weighted by Crippen LogP contribution is 2.06. The second kappa shape index (κ2) is 5.48. The van der Waals surface area contributed by atoms with Crippen molar-refractivity contribution < 1.29 is 9.15 Å². The number of nitrogens with zero attached hydrogens (tertiary/aromatic N) is 1. The van der Waals surface area contributed by atoms with E-state index >= 15 is 0 Å². The van der Waals surface area contributed by atoms with Gasteiger partial charge in [-0.3, -0.25) is 0 Å². The van der Waals surface area contributed by atoms with Crippen LogP contribution in [0.1, 0.15) is 11.5 Å². The number of nitrogens with one attached hydrogen (secondary N) is 1. The Morgan fingerprint density at radius 2 is 2.38 bits per heavy atom. The lowest BCUT2D eigenvalue weighted by atomic mass is 10.3.